The van der Waals surface area contributed by atoms with E-state index in [0.717, 1.165) is 11.1 Å². The molecule has 0 bridgehead atoms. The third-order valence-corrected chi connectivity index (χ3v) is 4.00. The Kier molecular flexibility index (Phi) is 3.52. The molecule has 1 amide bonds. The van der Waals surface area contributed by atoms with E-state index in [4.69, 9.17) is 5.11 Å². The Morgan fingerprint density at radius 2 is 1.83 bits per heavy atom. The highest BCUT2D eigenvalue weighted by Gasteiger charge is 2.24. The van der Waals surface area contributed by atoms with Crippen LogP contribution in [-0.4, -0.2) is 37.8 Å². The first kappa shape index (κ1) is 15.6. The third kappa shape index (κ3) is 2.11. The Labute approximate surface area is 135 Å². The predicted octanol–water partition coefficient (Wildman–Crippen LogP) is 0.620. The second-order valence-electron chi connectivity index (χ2n) is 5.42. The zero-order chi connectivity index (χ0) is 17.6. The van der Waals surface area contributed by atoms with Gasteiger partial charge in [-0.1, -0.05) is 24.3 Å². The molecule has 0 aliphatic carbocycles. The van der Waals surface area contributed by atoms with E-state index in [9.17, 15) is 19.5 Å². The summed E-state index contributed by atoms with van der Waals surface area (Å²) in [6, 6.07) is 7.26. The van der Waals surface area contributed by atoms with E-state index in [1.165, 1.54) is 16.2 Å². The molecule has 0 saturated heterocycles. The normalized spacial score (nSPS) is 11.1. The van der Waals surface area contributed by atoms with Crippen molar-refractivity contribution in [1.82, 2.24) is 14.5 Å². The number of carboxylic acids is 1. The molecule has 2 aromatic heterocycles. The van der Waals surface area contributed by atoms with Crippen molar-refractivity contribution in [3.8, 4) is 5.75 Å². The van der Waals surface area contributed by atoms with Gasteiger partial charge in [0.15, 0.2) is 5.75 Å². The van der Waals surface area contributed by atoms with Gasteiger partial charge in [0, 0.05) is 23.5 Å². The van der Waals surface area contributed by atoms with Crippen LogP contribution in [0.25, 0.3) is 16.3 Å². The molecule has 1 aromatic carbocycles. The van der Waals surface area contributed by atoms with Gasteiger partial charge in [0.05, 0.1) is 0 Å². The van der Waals surface area contributed by atoms with Gasteiger partial charge in [-0.15, -0.1) is 0 Å². The molecule has 0 aliphatic heterocycles. The molecule has 0 radical (unpaired) electrons. The van der Waals surface area contributed by atoms with Crippen LogP contribution in [0.15, 0.2) is 29.1 Å². The van der Waals surface area contributed by atoms with Crippen molar-refractivity contribution in [2.24, 2.45) is 7.05 Å². The zero-order valence-electron chi connectivity index (χ0n) is 13.0. The quantitative estimate of drug-likeness (QED) is 0.652. The number of carboxylic acid groups (broad SMARTS) is 1. The SMILES string of the molecule is Cc1c2ccccc2c2c(O)c(C(=O)NCC(=O)O)c(=O)n(C)n12. The third-order valence-electron chi connectivity index (χ3n) is 4.00. The highest BCUT2D eigenvalue weighted by atomic mass is 16.4. The van der Waals surface area contributed by atoms with Crippen LogP contribution < -0.4 is 10.9 Å². The maximum atomic E-state index is 12.5. The first-order valence-electron chi connectivity index (χ1n) is 7.16. The van der Waals surface area contributed by atoms with Crippen molar-refractivity contribution in [1.29, 1.82) is 0 Å². The Bertz CT molecular complexity index is 1060. The smallest absolute Gasteiger partial charge is 0.322 e. The lowest BCUT2D eigenvalue weighted by molar-refractivity contribution is -0.135. The molecule has 3 aromatic rings. The van der Waals surface area contributed by atoms with Gasteiger partial charge in [-0.3, -0.25) is 18.9 Å². The van der Waals surface area contributed by atoms with Gasteiger partial charge in [0.1, 0.15) is 17.6 Å². The standard InChI is InChI=1S/C16H15N3O5/c1-8-9-5-3-4-6-10(9)13-14(22)12(15(23)17-7-11(20)21)16(24)18(2)19(8)13/h3-6,22H,7H2,1-2H3,(H,17,23)(H,20,21). The molecule has 0 spiro atoms. The number of benzene rings is 1. The number of aliphatic carboxylic acids is 1. The summed E-state index contributed by atoms with van der Waals surface area (Å²) in [7, 11) is 1.48. The highest BCUT2D eigenvalue weighted by molar-refractivity contribution is 6.07. The van der Waals surface area contributed by atoms with Crippen molar-refractivity contribution in [3.05, 3.63) is 45.9 Å². The molecule has 3 N–H and O–H groups in total. The number of nitrogens with one attached hydrogen (secondary N) is 1. The average Bonchev–Trinajstić information content (AvgIpc) is 2.85. The molecule has 0 atom stereocenters. The maximum Gasteiger partial charge on any atom is 0.322 e. The minimum Gasteiger partial charge on any atom is -0.505 e. The van der Waals surface area contributed by atoms with Crippen LogP contribution in [0.5, 0.6) is 5.75 Å². The molecule has 24 heavy (non-hydrogen) atoms. The lowest BCUT2D eigenvalue weighted by atomic mass is 10.1. The Morgan fingerprint density at radius 3 is 2.46 bits per heavy atom. The molecule has 3 rings (SSSR count). The number of nitrogens with zero attached hydrogens (tertiary/aromatic N) is 2. The number of amides is 1. The lowest BCUT2D eigenvalue weighted by Gasteiger charge is -2.12. The molecule has 0 aliphatic rings. The van der Waals surface area contributed by atoms with Gasteiger partial charge in [0.25, 0.3) is 11.5 Å². The Balaban J connectivity index is 2.37. The first-order valence-corrected chi connectivity index (χ1v) is 7.16. The fourth-order valence-electron chi connectivity index (χ4n) is 2.93. The summed E-state index contributed by atoms with van der Waals surface area (Å²) < 4.78 is 2.76. The number of hydrogen-bond donors (Lipinski definition) is 3. The van der Waals surface area contributed by atoms with E-state index in [0.29, 0.717) is 10.9 Å². The zero-order valence-corrected chi connectivity index (χ0v) is 13.0. The number of fused-ring (bicyclic) bond motifs is 3. The Morgan fingerprint density at radius 1 is 1.21 bits per heavy atom. The molecule has 124 valence electrons. The molecular weight excluding hydrogens is 314 g/mol. The van der Waals surface area contributed by atoms with Crippen molar-refractivity contribution >= 4 is 28.2 Å². The number of rotatable bonds is 3. The maximum absolute atomic E-state index is 12.5. The number of carbonyl (C=O) groups is 2. The number of hydrogen-bond acceptors (Lipinski definition) is 4. The predicted molar refractivity (Wildman–Crippen MR) is 86.5 cm³/mol. The summed E-state index contributed by atoms with van der Waals surface area (Å²) in [6.45, 7) is 1.16. The number of aromatic hydroxyl groups is 1. The second kappa shape index (κ2) is 5.41. The monoisotopic (exact) mass is 329 g/mol. The Hall–Kier alpha value is -3.29. The minimum atomic E-state index is -1.25. The molecule has 0 unspecified atom stereocenters. The van der Waals surface area contributed by atoms with E-state index in [-0.39, 0.29) is 0 Å². The number of carbonyl (C=O) groups excluding carboxylic acids is 1. The molecular formula is C16H15N3O5. The van der Waals surface area contributed by atoms with Crippen molar-refractivity contribution in [2.45, 2.75) is 6.92 Å². The van der Waals surface area contributed by atoms with Crippen molar-refractivity contribution in [3.63, 3.8) is 0 Å². The van der Waals surface area contributed by atoms with Crippen LogP contribution in [0, 0.1) is 6.92 Å². The minimum absolute atomic E-state index is 0.325. The molecule has 0 fully saturated rings. The molecule has 2 heterocycles. The molecule has 8 heteroatoms. The van der Waals surface area contributed by atoms with Crippen LogP contribution in [0.2, 0.25) is 0 Å². The fraction of sp³-hybridized carbons (Fsp3) is 0.188. The highest BCUT2D eigenvalue weighted by Crippen LogP contribution is 2.32. The van der Waals surface area contributed by atoms with E-state index in [1.54, 1.807) is 19.1 Å². The summed E-state index contributed by atoms with van der Waals surface area (Å²) in [5, 5.41) is 22.8. The van der Waals surface area contributed by atoms with Crippen LogP contribution >= 0.6 is 0 Å². The summed E-state index contributed by atoms with van der Waals surface area (Å²) in [5.74, 6) is -2.64. The van der Waals surface area contributed by atoms with Crippen LogP contribution in [-0.2, 0) is 11.8 Å². The lowest BCUT2D eigenvalue weighted by Crippen LogP contribution is -2.36. The van der Waals surface area contributed by atoms with E-state index in [2.05, 4.69) is 5.32 Å². The average molecular weight is 329 g/mol. The van der Waals surface area contributed by atoms with Gasteiger partial charge < -0.3 is 15.5 Å². The molecule has 8 nitrogen and oxygen atoms in total. The van der Waals surface area contributed by atoms with E-state index < -0.39 is 35.3 Å². The van der Waals surface area contributed by atoms with Gasteiger partial charge in [-0.05, 0) is 6.92 Å². The summed E-state index contributed by atoms with van der Waals surface area (Å²) >= 11 is 0. The van der Waals surface area contributed by atoms with Crippen LogP contribution in [0.1, 0.15) is 16.1 Å². The van der Waals surface area contributed by atoms with Gasteiger partial charge in [-0.25, -0.2) is 4.68 Å². The number of aryl methyl sites for hydroxylation is 2. The van der Waals surface area contributed by atoms with Crippen molar-refractivity contribution < 1.29 is 19.8 Å². The number of aromatic nitrogens is 2. The van der Waals surface area contributed by atoms with Crippen LogP contribution in [0.3, 0.4) is 0 Å². The summed E-state index contributed by atoms with van der Waals surface area (Å²) in [5.41, 5.74) is -0.125. The van der Waals surface area contributed by atoms with E-state index >= 15 is 0 Å². The molecule has 0 saturated carbocycles. The van der Waals surface area contributed by atoms with Gasteiger partial charge in [-0.2, -0.15) is 0 Å². The van der Waals surface area contributed by atoms with E-state index in [1.807, 2.05) is 12.1 Å². The largest absolute Gasteiger partial charge is 0.505 e. The van der Waals surface area contributed by atoms with Gasteiger partial charge >= 0.3 is 5.97 Å². The van der Waals surface area contributed by atoms with Gasteiger partial charge in [0.2, 0.25) is 0 Å². The van der Waals surface area contributed by atoms with Crippen molar-refractivity contribution in [2.75, 3.05) is 6.54 Å². The van der Waals surface area contributed by atoms with Crippen LogP contribution in [0.4, 0.5) is 0 Å². The second-order valence-corrected chi connectivity index (χ2v) is 5.42. The summed E-state index contributed by atoms with van der Waals surface area (Å²) in [4.78, 5) is 35.3. The first-order chi connectivity index (χ1) is 11.3. The topological polar surface area (TPSA) is 113 Å². The summed E-state index contributed by atoms with van der Waals surface area (Å²) in [6.07, 6.45) is 0. The fourth-order valence-corrected chi connectivity index (χ4v) is 2.93.